The van der Waals surface area contributed by atoms with E-state index in [2.05, 4.69) is 11.9 Å². The Labute approximate surface area is 106 Å². The maximum Gasteiger partial charge on any atom is 0.228 e. The summed E-state index contributed by atoms with van der Waals surface area (Å²) in [6.07, 6.45) is 4.47. The van der Waals surface area contributed by atoms with Gasteiger partial charge in [0.25, 0.3) is 0 Å². The fourth-order valence-electron chi connectivity index (χ4n) is 2.00. The minimum absolute atomic E-state index is 0.0500. The number of aromatic nitrogens is 2. The van der Waals surface area contributed by atoms with Gasteiger partial charge in [0.2, 0.25) is 5.78 Å². The molecule has 0 aliphatic rings. The lowest BCUT2D eigenvalue weighted by molar-refractivity contribution is 0.102. The highest BCUT2D eigenvalue weighted by atomic mass is 16.1. The van der Waals surface area contributed by atoms with Gasteiger partial charge in [-0.2, -0.15) is 0 Å². The van der Waals surface area contributed by atoms with Gasteiger partial charge in [-0.1, -0.05) is 6.92 Å². The number of carbonyl (C=O) groups is 1. The second-order valence-electron chi connectivity index (χ2n) is 4.35. The molecular formula is C14H17N3O. The highest BCUT2D eigenvalue weighted by Crippen LogP contribution is 2.16. The quantitative estimate of drug-likeness (QED) is 0.662. The van der Waals surface area contributed by atoms with Crippen LogP contribution >= 0.6 is 0 Å². The standard InChI is InChI=1S/C14H17N3O/c1-3-7-17-8-6-16-14(17)13(18)12-5-4-11(15)9-10(12)2/h4-6,8-9H,3,7,15H2,1-2H3. The third kappa shape index (κ3) is 2.27. The monoisotopic (exact) mass is 243 g/mol. The van der Waals surface area contributed by atoms with Gasteiger partial charge in [0.15, 0.2) is 5.82 Å². The van der Waals surface area contributed by atoms with E-state index >= 15 is 0 Å². The summed E-state index contributed by atoms with van der Waals surface area (Å²) in [5.74, 6) is 0.440. The molecule has 0 bridgehead atoms. The van der Waals surface area contributed by atoms with E-state index in [0.29, 0.717) is 17.1 Å². The molecule has 0 radical (unpaired) electrons. The fraction of sp³-hybridized carbons (Fsp3) is 0.286. The summed E-state index contributed by atoms with van der Waals surface area (Å²) >= 11 is 0. The molecular weight excluding hydrogens is 226 g/mol. The molecule has 0 saturated carbocycles. The van der Waals surface area contributed by atoms with Gasteiger partial charge in [-0.05, 0) is 37.1 Å². The smallest absolute Gasteiger partial charge is 0.228 e. The van der Waals surface area contributed by atoms with E-state index in [1.165, 1.54) is 0 Å². The Balaban J connectivity index is 2.38. The van der Waals surface area contributed by atoms with E-state index in [-0.39, 0.29) is 5.78 Å². The molecule has 2 rings (SSSR count). The van der Waals surface area contributed by atoms with Crippen LogP contribution in [0, 0.1) is 6.92 Å². The van der Waals surface area contributed by atoms with E-state index in [1.54, 1.807) is 24.4 Å². The van der Waals surface area contributed by atoms with Gasteiger partial charge in [0.05, 0.1) is 0 Å². The van der Waals surface area contributed by atoms with Crippen LogP contribution in [0.15, 0.2) is 30.6 Å². The number of nitrogen functional groups attached to an aromatic ring is 1. The number of ketones is 1. The van der Waals surface area contributed by atoms with Crippen molar-refractivity contribution in [2.24, 2.45) is 0 Å². The first kappa shape index (κ1) is 12.4. The van der Waals surface area contributed by atoms with Gasteiger partial charge in [0, 0.05) is 30.2 Å². The number of nitrogens with zero attached hydrogens (tertiary/aromatic N) is 2. The molecule has 18 heavy (non-hydrogen) atoms. The Kier molecular flexibility index (Phi) is 3.46. The highest BCUT2D eigenvalue weighted by Gasteiger charge is 2.16. The summed E-state index contributed by atoms with van der Waals surface area (Å²) in [4.78, 5) is 16.6. The van der Waals surface area contributed by atoms with E-state index in [1.807, 2.05) is 17.7 Å². The molecule has 4 nitrogen and oxygen atoms in total. The van der Waals surface area contributed by atoms with Crippen molar-refractivity contribution in [3.63, 3.8) is 0 Å². The highest BCUT2D eigenvalue weighted by molar-refractivity contribution is 6.07. The molecule has 1 aromatic carbocycles. The molecule has 0 spiro atoms. The van der Waals surface area contributed by atoms with Crippen LogP contribution < -0.4 is 5.73 Å². The normalized spacial score (nSPS) is 10.6. The molecule has 0 saturated heterocycles. The average molecular weight is 243 g/mol. The van der Waals surface area contributed by atoms with E-state index < -0.39 is 0 Å². The van der Waals surface area contributed by atoms with E-state index in [0.717, 1.165) is 18.5 Å². The number of carbonyl (C=O) groups excluding carboxylic acids is 1. The number of nitrogens with two attached hydrogens (primary N) is 1. The zero-order valence-electron chi connectivity index (χ0n) is 10.7. The molecule has 1 heterocycles. The zero-order chi connectivity index (χ0) is 13.1. The number of anilines is 1. The molecule has 1 aromatic heterocycles. The van der Waals surface area contributed by atoms with Gasteiger partial charge in [0.1, 0.15) is 0 Å². The summed E-state index contributed by atoms with van der Waals surface area (Å²) in [5, 5.41) is 0. The first-order valence-electron chi connectivity index (χ1n) is 6.05. The lowest BCUT2D eigenvalue weighted by Crippen LogP contribution is -2.12. The Hall–Kier alpha value is -2.10. The lowest BCUT2D eigenvalue weighted by Gasteiger charge is -2.08. The van der Waals surface area contributed by atoms with Gasteiger partial charge < -0.3 is 10.3 Å². The second kappa shape index (κ2) is 5.04. The molecule has 0 atom stereocenters. The summed E-state index contributed by atoms with van der Waals surface area (Å²) in [7, 11) is 0. The van der Waals surface area contributed by atoms with Crippen LogP contribution in [0.1, 0.15) is 35.1 Å². The largest absolute Gasteiger partial charge is 0.399 e. The molecule has 0 aliphatic heterocycles. The molecule has 2 N–H and O–H groups in total. The number of aryl methyl sites for hydroxylation is 2. The third-order valence-corrected chi connectivity index (χ3v) is 2.88. The Bertz CT molecular complexity index is 572. The third-order valence-electron chi connectivity index (χ3n) is 2.88. The predicted octanol–water partition coefficient (Wildman–Crippen LogP) is 2.41. The minimum atomic E-state index is -0.0500. The van der Waals surface area contributed by atoms with Gasteiger partial charge in [-0.25, -0.2) is 4.98 Å². The van der Waals surface area contributed by atoms with Gasteiger partial charge in [-0.3, -0.25) is 4.79 Å². The number of hydrogen-bond donors (Lipinski definition) is 1. The van der Waals surface area contributed by atoms with Crippen LogP contribution in [0.4, 0.5) is 5.69 Å². The van der Waals surface area contributed by atoms with Crippen molar-refractivity contribution >= 4 is 11.5 Å². The molecule has 2 aromatic rings. The molecule has 4 heteroatoms. The van der Waals surface area contributed by atoms with Crippen molar-refractivity contribution in [2.75, 3.05) is 5.73 Å². The van der Waals surface area contributed by atoms with Crippen molar-refractivity contribution < 1.29 is 4.79 Å². The SMILES string of the molecule is CCCn1ccnc1C(=O)c1ccc(N)cc1C. The van der Waals surface area contributed by atoms with Crippen molar-refractivity contribution in [3.05, 3.63) is 47.5 Å². The molecule has 0 aliphatic carbocycles. The van der Waals surface area contributed by atoms with Crippen molar-refractivity contribution in [3.8, 4) is 0 Å². The number of imidazole rings is 1. The molecule has 0 fully saturated rings. The van der Waals surface area contributed by atoms with Gasteiger partial charge >= 0.3 is 0 Å². The average Bonchev–Trinajstić information content (AvgIpc) is 2.77. The number of benzene rings is 1. The van der Waals surface area contributed by atoms with Crippen LogP contribution in [-0.4, -0.2) is 15.3 Å². The van der Waals surface area contributed by atoms with Crippen LogP contribution in [0.2, 0.25) is 0 Å². The van der Waals surface area contributed by atoms with E-state index in [9.17, 15) is 4.79 Å². The Morgan fingerprint density at radius 3 is 2.89 bits per heavy atom. The molecule has 0 amide bonds. The van der Waals surface area contributed by atoms with Crippen LogP contribution in [-0.2, 0) is 6.54 Å². The fourth-order valence-corrected chi connectivity index (χ4v) is 2.00. The lowest BCUT2D eigenvalue weighted by atomic mass is 10.0. The first-order chi connectivity index (χ1) is 8.63. The summed E-state index contributed by atoms with van der Waals surface area (Å²) in [6.45, 7) is 4.76. The predicted molar refractivity (Wildman–Crippen MR) is 71.5 cm³/mol. The maximum absolute atomic E-state index is 12.4. The van der Waals surface area contributed by atoms with Crippen LogP contribution in [0.5, 0.6) is 0 Å². The second-order valence-corrected chi connectivity index (χ2v) is 4.35. The van der Waals surface area contributed by atoms with Crippen molar-refractivity contribution in [1.82, 2.24) is 9.55 Å². The minimum Gasteiger partial charge on any atom is -0.399 e. The molecule has 94 valence electrons. The van der Waals surface area contributed by atoms with Crippen LogP contribution in [0.25, 0.3) is 0 Å². The summed E-state index contributed by atoms with van der Waals surface area (Å²) < 4.78 is 1.89. The van der Waals surface area contributed by atoms with Crippen molar-refractivity contribution in [1.29, 1.82) is 0 Å². The Morgan fingerprint density at radius 2 is 2.22 bits per heavy atom. The summed E-state index contributed by atoms with van der Waals surface area (Å²) in [6, 6.07) is 5.31. The zero-order valence-corrected chi connectivity index (χ0v) is 10.7. The topological polar surface area (TPSA) is 60.9 Å². The van der Waals surface area contributed by atoms with E-state index in [4.69, 9.17) is 5.73 Å². The molecule has 0 unspecified atom stereocenters. The summed E-state index contributed by atoms with van der Waals surface area (Å²) in [5.41, 5.74) is 7.90. The Morgan fingerprint density at radius 1 is 1.44 bits per heavy atom. The van der Waals surface area contributed by atoms with Crippen LogP contribution in [0.3, 0.4) is 0 Å². The first-order valence-corrected chi connectivity index (χ1v) is 6.05. The van der Waals surface area contributed by atoms with Crippen molar-refractivity contribution in [2.45, 2.75) is 26.8 Å². The maximum atomic E-state index is 12.4. The number of hydrogen-bond acceptors (Lipinski definition) is 3. The van der Waals surface area contributed by atoms with Gasteiger partial charge in [-0.15, -0.1) is 0 Å². The number of rotatable bonds is 4.